The molecule has 8 nitrogen and oxygen atoms in total. The molecule has 0 fully saturated rings. The minimum atomic E-state index is -3.69. The number of ether oxygens (including phenoxy) is 1. The van der Waals surface area contributed by atoms with Crippen LogP contribution in [0.3, 0.4) is 0 Å². The van der Waals surface area contributed by atoms with Crippen LogP contribution < -0.4 is 10.1 Å². The molecule has 0 spiro atoms. The highest BCUT2D eigenvalue weighted by molar-refractivity contribution is 7.91. The zero-order chi connectivity index (χ0) is 19.2. The van der Waals surface area contributed by atoms with Crippen molar-refractivity contribution in [3.05, 3.63) is 30.3 Å². The summed E-state index contributed by atoms with van der Waals surface area (Å²) in [5.41, 5.74) is 0. The number of para-hydroxylation sites is 1. The third-order valence-corrected chi connectivity index (χ3v) is 6.82. The lowest BCUT2D eigenvalue weighted by molar-refractivity contribution is -0.122. The Kier molecular flexibility index (Phi) is 7.06. The summed E-state index contributed by atoms with van der Waals surface area (Å²) in [6.07, 6.45) is -0.270. The fourth-order valence-electron chi connectivity index (χ4n) is 2.21. The second kappa shape index (κ2) is 9.06. The monoisotopic (exact) mass is 398 g/mol. The molecule has 0 aliphatic carbocycles. The van der Waals surface area contributed by atoms with Gasteiger partial charge >= 0.3 is 0 Å². The second-order valence-corrected chi connectivity index (χ2v) is 8.37. The van der Waals surface area contributed by atoms with Crippen molar-refractivity contribution in [2.24, 2.45) is 0 Å². The third kappa shape index (κ3) is 4.77. The lowest BCUT2D eigenvalue weighted by Gasteiger charge is -2.16. The van der Waals surface area contributed by atoms with E-state index in [0.29, 0.717) is 25.3 Å². The highest BCUT2D eigenvalue weighted by Gasteiger charge is 2.27. The molecule has 2 rings (SSSR count). The summed E-state index contributed by atoms with van der Waals surface area (Å²) in [5.74, 6) is 0.177. The van der Waals surface area contributed by atoms with Crippen LogP contribution in [-0.2, 0) is 14.8 Å². The molecule has 1 N–H and O–H groups in total. The Morgan fingerprint density at radius 3 is 2.42 bits per heavy atom. The number of hydrogen-bond donors (Lipinski definition) is 1. The van der Waals surface area contributed by atoms with E-state index in [1.54, 1.807) is 26.0 Å². The van der Waals surface area contributed by atoms with Gasteiger partial charge in [-0.15, -0.1) is 10.2 Å². The van der Waals surface area contributed by atoms with Gasteiger partial charge in [0.2, 0.25) is 9.47 Å². The van der Waals surface area contributed by atoms with Gasteiger partial charge in [0.1, 0.15) is 5.75 Å². The fraction of sp³-hybridized carbons (Fsp3) is 0.438. The molecule has 0 radical (unpaired) electrons. The first kappa shape index (κ1) is 20.3. The molecule has 1 heterocycles. The van der Waals surface area contributed by atoms with Gasteiger partial charge in [-0.25, -0.2) is 8.42 Å². The van der Waals surface area contributed by atoms with E-state index in [1.165, 1.54) is 4.31 Å². The van der Waals surface area contributed by atoms with Crippen molar-refractivity contribution < 1.29 is 17.9 Å². The van der Waals surface area contributed by atoms with Crippen molar-refractivity contribution in [1.82, 2.24) is 14.5 Å². The van der Waals surface area contributed by atoms with Crippen molar-refractivity contribution in [2.45, 2.75) is 37.6 Å². The van der Waals surface area contributed by atoms with Gasteiger partial charge in [-0.05, 0) is 18.6 Å². The first-order valence-corrected chi connectivity index (χ1v) is 10.5. The topological polar surface area (TPSA) is 101 Å². The summed E-state index contributed by atoms with van der Waals surface area (Å²) in [6, 6.07) is 9.00. The molecule has 0 unspecified atom stereocenters. The third-order valence-electron chi connectivity index (χ3n) is 3.59. The lowest BCUT2D eigenvalue weighted by Crippen LogP contribution is -2.32. The quantitative estimate of drug-likeness (QED) is 0.651. The van der Waals surface area contributed by atoms with Crippen LogP contribution in [0.1, 0.15) is 27.2 Å². The van der Waals surface area contributed by atoms with Crippen LogP contribution in [0.5, 0.6) is 5.75 Å². The predicted molar refractivity (Wildman–Crippen MR) is 99.8 cm³/mol. The summed E-state index contributed by atoms with van der Waals surface area (Å²) in [7, 11) is -3.69. The number of carbonyl (C=O) groups excluding carboxylic acids is 1. The van der Waals surface area contributed by atoms with Crippen LogP contribution in [0.15, 0.2) is 34.7 Å². The molecule has 1 atom stereocenters. The largest absolute Gasteiger partial charge is 0.481 e. The maximum absolute atomic E-state index is 12.4. The lowest BCUT2D eigenvalue weighted by atomic mass is 10.2. The number of anilines is 1. The maximum atomic E-state index is 12.4. The number of rotatable bonds is 9. The average Bonchev–Trinajstić information content (AvgIpc) is 3.10. The molecular formula is C16H22N4O4S2. The zero-order valence-electron chi connectivity index (χ0n) is 14.9. The molecule has 0 saturated carbocycles. The molecule has 142 valence electrons. The summed E-state index contributed by atoms with van der Waals surface area (Å²) in [5, 5.41) is 10.2. The van der Waals surface area contributed by atoms with Gasteiger partial charge in [0.25, 0.3) is 15.9 Å². The molecule has 1 aromatic heterocycles. The number of benzene rings is 1. The molecule has 0 aliphatic heterocycles. The van der Waals surface area contributed by atoms with Crippen LogP contribution in [-0.4, -0.2) is 48.0 Å². The number of nitrogens with one attached hydrogen (secondary N) is 1. The zero-order valence-corrected chi connectivity index (χ0v) is 16.5. The van der Waals surface area contributed by atoms with E-state index in [-0.39, 0.29) is 9.47 Å². The summed E-state index contributed by atoms with van der Waals surface area (Å²) >= 11 is 0.822. The summed E-state index contributed by atoms with van der Waals surface area (Å²) in [6.45, 7) is 5.99. The van der Waals surface area contributed by atoms with Gasteiger partial charge in [-0.3, -0.25) is 10.1 Å². The van der Waals surface area contributed by atoms with Crippen molar-refractivity contribution in [1.29, 1.82) is 0 Å². The Morgan fingerprint density at radius 1 is 1.19 bits per heavy atom. The molecule has 2 aromatic rings. The molecule has 1 aromatic carbocycles. The number of hydrogen-bond acceptors (Lipinski definition) is 7. The van der Waals surface area contributed by atoms with Gasteiger partial charge in [0.15, 0.2) is 6.10 Å². The Labute approximate surface area is 157 Å². The summed E-state index contributed by atoms with van der Waals surface area (Å²) in [4.78, 5) is 12.4. The van der Waals surface area contributed by atoms with E-state index in [0.717, 1.165) is 11.3 Å². The molecule has 0 bridgehead atoms. The molecular weight excluding hydrogens is 376 g/mol. The number of aromatic nitrogens is 2. The maximum Gasteiger partial charge on any atom is 0.272 e. The summed E-state index contributed by atoms with van der Waals surface area (Å²) < 4.78 is 31.6. The SMILES string of the molecule is CC[C@H](Oc1ccccc1)C(=O)Nc1nnc(S(=O)(=O)N(CC)CC)s1. The molecule has 0 aliphatic rings. The molecule has 1 amide bonds. The number of carbonyl (C=O) groups is 1. The molecule has 0 saturated heterocycles. The van der Waals surface area contributed by atoms with Crippen molar-refractivity contribution in [3.8, 4) is 5.75 Å². The average molecular weight is 399 g/mol. The van der Waals surface area contributed by atoms with E-state index in [9.17, 15) is 13.2 Å². The van der Waals surface area contributed by atoms with Crippen LogP contribution in [0.2, 0.25) is 0 Å². The van der Waals surface area contributed by atoms with Crippen molar-refractivity contribution >= 4 is 32.4 Å². The van der Waals surface area contributed by atoms with Gasteiger partial charge in [0.05, 0.1) is 0 Å². The Bertz CT molecular complexity index is 820. The van der Waals surface area contributed by atoms with Crippen molar-refractivity contribution in [3.63, 3.8) is 0 Å². The highest BCUT2D eigenvalue weighted by Crippen LogP contribution is 2.23. The van der Waals surface area contributed by atoms with Gasteiger partial charge in [0, 0.05) is 13.1 Å². The van der Waals surface area contributed by atoms with Crippen molar-refractivity contribution in [2.75, 3.05) is 18.4 Å². The first-order chi connectivity index (χ1) is 12.4. The van der Waals surface area contributed by atoms with E-state index < -0.39 is 22.0 Å². The van der Waals surface area contributed by atoms with Gasteiger partial charge < -0.3 is 4.74 Å². The Morgan fingerprint density at radius 2 is 1.85 bits per heavy atom. The van der Waals surface area contributed by atoms with Crippen LogP contribution in [0.25, 0.3) is 0 Å². The fourth-order valence-corrected chi connectivity index (χ4v) is 4.71. The van der Waals surface area contributed by atoms with Gasteiger partial charge in [-0.1, -0.05) is 50.3 Å². The minimum Gasteiger partial charge on any atom is -0.481 e. The second-order valence-electron chi connectivity index (χ2n) is 5.28. The van der Waals surface area contributed by atoms with E-state index >= 15 is 0 Å². The van der Waals surface area contributed by atoms with E-state index in [1.807, 2.05) is 25.1 Å². The van der Waals surface area contributed by atoms with Gasteiger partial charge in [-0.2, -0.15) is 4.31 Å². The van der Waals surface area contributed by atoms with E-state index in [4.69, 9.17) is 4.74 Å². The highest BCUT2D eigenvalue weighted by atomic mass is 32.2. The number of sulfonamides is 1. The molecule has 26 heavy (non-hydrogen) atoms. The molecule has 10 heteroatoms. The Balaban J connectivity index is 2.08. The van der Waals surface area contributed by atoms with Crippen LogP contribution >= 0.6 is 11.3 Å². The smallest absolute Gasteiger partial charge is 0.272 e. The standard InChI is InChI=1S/C16H22N4O4S2/c1-4-13(24-12-10-8-7-9-11-12)14(21)17-15-18-19-16(25-15)26(22,23)20(5-2)6-3/h7-11,13H,4-6H2,1-3H3,(H,17,18,21)/t13-/m0/s1. The first-order valence-electron chi connectivity index (χ1n) is 8.28. The van der Waals surface area contributed by atoms with Crippen LogP contribution in [0, 0.1) is 0 Å². The minimum absolute atomic E-state index is 0.121. The van der Waals surface area contributed by atoms with E-state index in [2.05, 4.69) is 15.5 Å². The Hall–Kier alpha value is -2.04. The predicted octanol–water partition coefficient (Wildman–Crippen LogP) is 2.36. The van der Waals surface area contributed by atoms with Crippen LogP contribution in [0.4, 0.5) is 5.13 Å². The number of nitrogens with zero attached hydrogens (tertiary/aromatic N) is 3. The normalized spacial score (nSPS) is 12.8. The number of amides is 1.